The summed E-state index contributed by atoms with van der Waals surface area (Å²) < 4.78 is 5.45. The van der Waals surface area contributed by atoms with Gasteiger partial charge in [0.25, 0.3) is 0 Å². The number of aromatic nitrogens is 1. The highest BCUT2D eigenvalue weighted by Crippen LogP contribution is 2.43. The Morgan fingerprint density at radius 2 is 1.80 bits per heavy atom. The van der Waals surface area contributed by atoms with Gasteiger partial charge in [-0.3, -0.25) is 4.79 Å². The smallest absolute Gasteiger partial charge is 0.223 e. The number of para-hydroxylation sites is 1. The van der Waals surface area contributed by atoms with E-state index in [0.29, 0.717) is 13.0 Å². The van der Waals surface area contributed by atoms with Crippen LogP contribution in [0.15, 0.2) is 78.9 Å². The van der Waals surface area contributed by atoms with Gasteiger partial charge in [-0.1, -0.05) is 60.7 Å². The average Bonchev–Trinajstić information content (AvgIpc) is 3.35. The SMILES string of the molecule is COc1cccc(-c2[nH]c3ccccc3c2[C@H]2CCC(=O)N2Cc2ccccc2)c1. The summed E-state index contributed by atoms with van der Waals surface area (Å²) in [7, 11) is 1.68. The molecule has 1 aliphatic heterocycles. The number of H-pyrrole nitrogens is 1. The molecule has 1 atom stereocenters. The lowest BCUT2D eigenvalue weighted by Crippen LogP contribution is -2.27. The third kappa shape index (κ3) is 3.24. The quantitative estimate of drug-likeness (QED) is 0.470. The third-order valence-electron chi connectivity index (χ3n) is 5.96. The van der Waals surface area contributed by atoms with E-state index in [0.717, 1.165) is 34.5 Å². The van der Waals surface area contributed by atoms with Crippen LogP contribution < -0.4 is 4.74 Å². The average molecular weight is 396 g/mol. The minimum atomic E-state index is 0.0371. The molecule has 150 valence electrons. The second kappa shape index (κ2) is 7.71. The van der Waals surface area contributed by atoms with Gasteiger partial charge in [0.2, 0.25) is 5.91 Å². The molecular formula is C26H24N2O2. The zero-order valence-corrected chi connectivity index (χ0v) is 17.0. The normalized spacial score (nSPS) is 16.4. The van der Waals surface area contributed by atoms with E-state index in [1.54, 1.807) is 7.11 Å². The van der Waals surface area contributed by atoms with Gasteiger partial charge in [0.1, 0.15) is 5.75 Å². The number of methoxy groups -OCH3 is 1. The molecule has 1 N–H and O–H groups in total. The molecule has 4 nitrogen and oxygen atoms in total. The molecule has 0 spiro atoms. The first kappa shape index (κ1) is 18.5. The second-order valence-electron chi connectivity index (χ2n) is 7.75. The highest BCUT2D eigenvalue weighted by molar-refractivity contribution is 5.93. The Bertz CT molecular complexity index is 1200. The molecule has 3 aromatic carbocycles. The first-order valence-electron chi connectivity index (χ1n) is 10.3. The van der Waals surface area contributed by atoms with E-state index in [9.17, 15) is 4.79 Å². The molecule has 0 aliphatic carbocycles. The van der Waals surface area contributed by atoms with Gasteiger partial charge in [-0.05, 0) is 30.2 Å². The highest BCUT2D eigenvalue weighted by Gasteiger charge is 2.35. The molecule has 1 aliphatic rings. The Balaban J connectivity index is 1.64. The van der Waals surface area contributed by atoms with Crippen LogP contribution in [0, 0.1) is 0 Å². The molecule has 1 aromatic heterocycles. The van der Waals surface area contributed by atoms with Crippen LogP contribution in [0.4, 0.5) is 0 Å². The molecule has 0 radical (unpaired) electrons. The van der Waals surface area contributed by atoms with Crippen LogP contribution >= 0.6 is 0 Å². The number of nitrogens with one attached hydrogen (secondary N) is 1. The summed E-state index contributed by atoms with van der Waals surface area (Å²) in [4.78, 5) is 18.5. The standard InChI is InChI=1S/C26H24N2O2/c1-30-20-11-7-10-19(16-20)26-25(21-12-5-6-13-22(21)27-26)23-14-15-24(29)28(23)17-18-8-3-2-4-9-18/h2-13,16,23,27H,14-15,17H2,1H3/t23-/m1/s1. The van der Waals surface area contributed by atoms with E-state index in [1.807, 2.05) is 47.4 Å². The van der Waals surface area contributed by atoms with E-state index < -0.39 is 0 Å². The van der Waals surface area contributed by atoms with Crippen molar-refractivity contribution in [2.24, 2.45) is 0 Å². The Labute approximate surface area is 176 Å². The Kier molecular flexibility index (Phi) is 4.75. The van der Waals surface area contributed by atoms with Crippen molar-refractivity contribution in [1.82, 2.24) is 9.88 Å². The molecule has 1 amide bonds. The molecule has 4 heteroatoms. The number of ether oxygens (including phenoxy) is 1. The van der Waals surface area contributed by atoms with Gasteiger partial charge in [-0.25, -0.2) is 0 Å². The molecule has 0 unspecified atom stereocenters. The summed E-state index contributed by atoms with van der Waals surface area (Å²) in [5, 5.41) is 1.17. The molecule has 30 heavy (non-hydrogen) atoms. The zero-order valence-electron chi connectivity index (χ0n) is 17.0. The number of aromatic amines is 1. The molecule has 5 rings (SSSR count). The van der Waals surface area contributed by atoms with Crippen LogP contribution in [0.25, 0.3) is 22.2 Å². The molecule has 1 saturated heterocycles. The maximum Gasteiger partial charge on any atom is 0.223 e. The second-order valence-corrected chi connectivity index (χ2v) is 7.75. The molecule has 1 fully saturated rings. The Hall–Kier alpha value is -3.53. The van der Waals surface area contributed by atoms with E-state index in [1.165, 1.54) is 10.9 Å². The van der Waals surface area contributed by atoms with Crippen molar-refractivity contribution in [3.8, 4) is 17.0 Å². The molecule has 2 heterocycles. The number of benzene rings is 3. The largest absolute Gasteiger partial charge is 0.497 e. The summed E-state index contributed by atoms with van der Waals surface area (Å²) in [5.74, 6) is 1.03. The number of nitrogens with zero attached hydrogens (tertiary/aromatic N) is 1. The number of hydrogen-bond donors (Lipinski definition) is 1. The maximum atomic E-state index is 12.9. The molecule has 4 aromatic rings. The van der Waals surface area contributed by atoms with Crippen LogP contribution in [-0.2, 0) is 11.3 Å². The summed E-state index contributed by atoms with van der Waals surface area (Å²) >= 11 is 0. The minimum Gasteiger partial charge on any atom is -0.497 e. The third-order valence-corrected chi connectivity index (χ3v) is 5.96. The van der Waals surface area contributed by atoms with Crippen LogP contribution in [0.1, 0.15) is 30.0 Å². The number of carbonyl (C=O) groups excluding carboxylic acids is 1. The van der Waals surface area contributed by atoms with Gasteiger partial charge < -0.3 is 14.6 Å². The number of hydrogen-bond acceptors (Lipinski definition) is 2. The summed E-state index contributed by atoms with van der Waals surface area (Å²) in [6.45, 7) is 0.626. The van der Waals surface area contributed by atoms with E-state index >= 15 is 0 Å². The predicted octanol–water partition coefficient (Wildman–Crippen LogP) is 5.71. The predicted molar refractivity (Wildman–Crippen MR) is 119 cm³/mol. The van der Waals surface area contributed by atoms with Crippen molar-refractivity contribution in [3.63, 3.8) is 0 Å². The molecular weight excluding hydrogens is 372 g/mol. The highest BCUT2D eigenvalue weighted by atomic mass is 16.5. The fourth-order valence-corrected chi connectivity index (χ4v) is 4.53. The van der Waals surface area contributed by atoms with E-state index in [4.69, 9.17) is 4.74 Å². The van der Waals surface area contributed by atoms with Crippen LogP contribution in [0.3, 0.4) is 0 Å². The first-order chi connectivity index (χ1) is 14.7. The van der Waals surface area contributed by atoms with E-state index in [-0.39, 0.29) is 11.9 Å². The van der Waals surface area contributed by atoms with Gasteiger partial charge in [0.15, 0.2) is 0 Å². The van der Waals surface area contributed by atoms with Gasteiger partial charge in [-0.2, -0.15) is 0 Å². The first-order valence-corrected chi connectivity index (χ1v) is 10.3. The Morgan fingerprint density at radius 1 is 1.00 bits per heavy atom. The van der Waals surface area contributed by atoms with Crippen molar-refractivity contribution in [1.29, 1.82) is 0 Å². The van der Waals surface area contributed by atoms with Crippen LogP contribution in [0.2, 0.25) is 0 Å². The summed E-state index contributed by atoms with van der Waals surface area (Å²) in [6.07, 6.45) is 1.40. The number of carbonyl (C=O) groups is 1. The summed E-state index contributed by atoms with van der Waals surface area (Å²) in [6, 6.07) is 26.7. The van der Waals surface area contributed by atoms with Gasteiger partial charge >= 0.3 is 0 Å². The topological polar surface area (TPSA) is 45.3 Å². The number of likely N-dealkylation sites (tertiary alicyclic amines) is 1. The number of fused-ring (bicyclic) bond motifs is 1. The number of amides is 1. The van der Waals surface area contributed by atoms with Crippen molar-refractivity contribution in [3.05, 3.63) is 90.0 Å². The fraction of sp³-hybridized carbons (Fsp3) is 0.192. The van der Waals surface area contributed by atoms with Crippen molar-refractivity contribution in [2.45, 2.75) is 25.4 Å². The zero-order chi connectivity index (χ0) is 20.5. The van der Waals surface area contributed by atoms with Crippen molar-refractivity contribution >= 4 is 16.8 Å². The van der Waals surface area contributed by atoms with Gasteiger partial charge in [-0.15, -0.1) is 0 Å². The lowest BCUT2D eigenvalue weighted by atomic mass is 9.96. The summed E-state index contributed by atoms with van der Waals surface area (Å²) in [5.41, 5.74) is 5.57. The lowest BCUT2D eigenvalue weighted by molar-refractivity contribution is -0.129. The Morgan fingerprint density at radius 3 is 2.63 bits per heavy atom. The van der Waals surface area contributed by atoms with E-state index in [2.05, 4.69) is 41.4 Å². The van der Waals surface area contributed by atoms with Crippen molar-refractivity contribution in [2.75, 3.05) is 7.11 Å². The molecule has 0 bridgehead atoms. The van der Waals surface area contributed by atoms with Crippen molar-refractivity contribution < 1.29 is 9.53 Å². The fourth-order valence-electron chi connectivity index (χ4n) is 4.53. The van der Waals surface area contributed by atoms with Crippen LogP contribution in [-0.4, -0.2) is 22.9 Å². The number of rotatable bonds is 5. The maximum absolute atomic E-state index is 12.9. The monoisotopic (exact) mass is 396 g/mol. The van der Waals surface area contributed by atoms with Crippen LogP contribution in [0.5, 0.6) is 5.75 Å². The van der Waals surface area contributed by atoms with Gasteiger partial charge in [0.05, 0.1) is 18.8 Å². The van der Waals surface area contributed by atoms with Gasteiger partial charge in [0, 0.05) is 35.0 Å². The lowest BCUT2D eigenvalue weighted by Gasteiger charge is -2.26. The molecule has 0 saturated carbocycles. The minimum absolute atomic E-state index is 0.0371.